The fourth-order valence-electron chi connectivity index (χ4n) is 0.0671. The number of primary amides is 1. The fourth-order valence-corrected chi connectivity index (χ4v) is 0.201. The van der Waals surface area contributed by atoms with Crippen LogP contribution in [0.2, 0.25) is 0 Å². The first-order valence-electron chi connectivity index (χ1n) is 1.68. The highest BCUT2D eigenvalue weighted by molar-refractivity contribution is 7.79. The van der Waals surface area contributed by atoms with E-state index in [1.54, 1.807) is 0 Å². The molecule has 40 valence electrons. The van der Waals surface area contributed by atoms with Crippen LogP contribution in [0.5, 0.6) is 0 Å². The lowest BCUT2D eigenvalue weighted by atomic mass is 10.4. The Balaban J connectivity index is 3.55. The summed E-state index contributed by atoms with van der Waals surface area (Å²) in [4.78, 5) is 9.93. The third kappa shape index (κ3) is 2.24. The van der Waals surface area contributed by atoms with Gasteiger partial charge in [0, 0.05) is 5.37 Å². The summed E-state index contributed by atoms with van der Waals surface area (Å²) < 4.78 is 0. The van der Waals surface area contributed by atoms with Crippen LogP contribution in [-0.4, -0.2) is 17.3 Å². The fraction of sp³-hybridized carbons (Fsp3) is 0.333. The van der Waals surface area contributed by atoms with Crippen LogP contribution in [0.15, 0.2) is 0 Å². The SMILES string of the molecule is NC(=O)C(N)C=S. The predicted octanol–water partition coefficient (Wildman–Crippen LogP) is -1.20. The molecule has 0 heterocycles. The van der Waals surface area contributed by atoms with Crippen LogP contribution in [0.3, 0.4) is 0 Å². The van der Waals surface area contributed by atoms with Gasteiger partial charge < -0.3 is 11.5 Å². The Morgan fingerprint density at radius 1 is 1.86 bits per heavy atom. The van der Waals surface area contributed by atoms with Gasteiger partial charge in [-0.1, -0.05) is 12.2 Å². The van der Waals surface area contributed by atoms with Crippen molar-refractivity contribution in [1.29, 1.82) is 0 Å². The largest absolute Gasteiger partial charge is 0.368 e. The number of carbonyl (C=O) groups is 1. The minimum Gasteiger partial charge on any atom is -0.368 e. The molecule has 1 unspecified atom stereocenters. The molecular weight excluding hydrogens is 112 g/mol. The van der Waals surface area contributed by atoms with Gasteiger partial charge in [-0.3, -0.25) is 4.79 Å². The van der Waals surface area contributed by atoms with Crippen molar-refractivity contribution in [3.05, 3.63) is 0 Å². The molecule has 0 aromatic rings. The second-order valence-corrected chi connectivity index (χ2v) is 1.34. The average Bonchev–Trinajstić information content (AvgIpc) is 1.65. The van der Waals surface area contributed by atoms with Crippen molar-refractivity contribution < 1.29 is 4.79 Å². The van der Waals surface area contributed by atoms with Crippen molar-refractivity contribution >= 4 is 23.5 Å². The molecule has 0 aliphatic heterocycles. The molecule has 0 aliphatic carbocycles. The second kappa shape index (κ2) is 2.65. The number of amides is 1. The van der Waals surface area contributed by atoms with Crippen molar-refractivity contribution in [2.75, 3.05) is 0 Å². The van der Waals surface area contributed by atoms with Gasteiger partial charge in [0.05, 0.1) is 0 Å². The molecule has 0 bridgehead atoms. The lowest BCUT2D eigenvalue weighted by Crippen LogP contribution is -2.36. The van der Waals surface area contributed by atoms with Gasteiger partial charge in [-0.2, -0.15) is 0 Å². The maximum atomic E-state index is 9.93. The number of nitrogens with two attached hydrogens (primary N) is 2. The van der Waals surface area contributed by atoms with Crippen LogP contribution in [0.25, 0.3) is 0 Å². The molecule has 1 atom stereocenters. The highest BCUT2D eigenvalue weighted by Crippen LogP contribution is 1.65. The van der Waals surface area contributed by atoms with Gasteiger partial charge in [-0.25, -0.2) is 0 Å². The summed E-state index contributed by atoms with van der Waals surface area (Å²) in [6.07, 6.45) is 0. The normalized spacial score (nSPS) is 12.7. The number of hydrogen-bond acceptors (Lipinski definition) is 3. The second-order valence-electron chi connectivity index (χ2n) is 1.06. The molecular formula is C3H6N2OS. The van der Waals surface area contributed by atoms with Gasteiger partial charge in [-0.15, -0.1) is 0 Å². The number of carbonyl (C=O) groups excluding carboxylic acids is 1. The molecule has 0 aromatic carbocycles. The third-order valence-corrected chi connectivity index (χ3v) is 0.768. The smallest absolute Gasteiger partial charge is 0.239 e. The van der Waals surface area contributed by atoms with Crippen LogP contribution in [0.4, 0.5) is 0 Å². The molecule has 4 N–H and O–H groups in total. The Morgan fingerprint density at radius 3 is 2.29 bits per heavy atom. The van der Waals surface area contributed by atoms with Gasteiger partial charge in [0.2, 0.25) is 5.91 Å². The van der Waals surface area contributed by atoms with E-state index in [4.69, 9.17) is 5.73 Å². The van der Waals surface area contributed by atoms with E-state index in [0.29, 0.717) is 0 Å². The average molecular weight is 118 g/mol. The molecule has 4 heteroatoms. The minimum atomic E-state index is -0.769. The first-order valence-corrected chi connectivity index (χ1v) is 2.16. The van der Waals surface area contributed by atoms with Gasteiger partial charge in [0.25, 0.3) is 0 Å². The highest BCUT2D eigenvalue weighted by Gasteiger charge is 2.01. The van der Waals surface area contributed by atoms with Crippen molar-refractivity contribution in [1.82, 2.24) is 0 Å². The molecule has 0 radical (unpaired) electrons. The summed E-state index contributed by atoms with van der Waals surface area (Å²) in [5.74, 6) is -0.588. The van der Waals surface area contributed by atoms with Gasteiger partial charge in [-0.05, 0) is 0 Å². The van der Waals surface area contributed by atoms with Crippen molar-refractivity contribution in [3.8, 4) is 0 Å². The van der Waals surface area contributed by atoms with Gasteiger partial charge in [0.1, 0.15) is 6.04 Å². The molecule has 3 nitrogen and oxygen atoms in total. The zero-order chi connectivity index (χ0) is 5.86. The number of hydrogen-bond donors (Lipinski definition) is 2. The number of rotatable bonds is 2. The molecule has 0 aliphatic rings. The summed E-state index contributed by atoms with van der Waals surface area (Å²) in [7, 11) is 0. The monoisotopic (exact) mass is 118 g/mol. The predicted molar refractivity (Wildman–Crippen MR) is 30.8 cm³/mol. The quantitative estimate of drug-likeness (QED) is 0.447. The zero-order valence-corrected chi connectivity index (χ0v) is 4.44. The van der Waals surface area contributed by atoms with E-state index in [0.717, 1.165) is 5.37 Å². The van der Waals surface area contributed by atoms with Crippen LogP contribution in [0.1, 0.15) is 0 Å². The van der Waals surface area contributed by atoms with E-state index in [-0.39, 0.29) is 0 Å². The molecule has 0 saturated carbocycles. The zero-order valence-electron chi connectivity index (χ0n) is 3.63. The lowest BCUT2D eigenvalue weighted by molar-refractivity contribution is -0.117. The Morgan fingerprint density at radius 2 is 2.29 bits per heavy atom. The summed E-state index contributed by atoms with van der Waals surface area (Å²) in [5.41, 5.74) is 9.67. The van der Waals surface area contributed by atoms with Crippen molar-refractivity contribution in [3.63, 3.8) is 0 Å². The van der Waals surface area contributed by atoms with E-state index in [1.807, 2.05) is 0 Å². The first kappa shape index (κ1) is 6.52. The summed E-state index contributed by atoms with van der Waals surface area (Å²) in [6, 6.07) is -0.769. The van der Waals surface area contributed by atoms with Crippen molar-refractivity contribution in [2.24, 2.45) is 11.5 Å². The standard InChI is InChI=1S/C3H6N2OS/c4-2(1-7)3(5)6/h1-2H,4H2,(H2,5,6). The van der Waals surface area contributed by atoms with Crippen LogP contribution >= 0.6 is 12.2 Å². The minimum absolute atomic E-state index is 0.588. The van der Waals surface area contributed by atoms with Crippen LogP contribution in [-0.2, 0) is 4.79 Å². The number of thiocarbonyl (C=S) groups is 1. The van der Waals surface area contributed by atoms with E-state index in [2.05, 4.69) is 18.0 Å². The van der Waals surface area contributed by atoms with E-state index in [1.165, 1.54) is 0 Å². The topological polar surface area (TPSA) is 69.1 Å². The molecule has 0 aromatic heterocycles. The Kier molecular flexibility index (Phi) is 2.47. The van der Waals surface area contributed by atoms with Crippen molar-refractivity contribution in [2.45, 2.75) is 6.04 Å². The van der Waals surface area contributed by atoms with Crippen LogP contribution < -0.4 is 11.5 Å². The van der Waals surface area contributed by atoms with Crippen LogP contribution in [0, 0.1) is 0 Å². The highest BCUT2D eigenvalue weighted by atomic mass is 32.1. The molecule has 0 rings (SSSR count). The lowest BCUT2D eigenvalue weighted by Gasteiger charge is -1.93. The summed E-state index contributed by atoms with van der Waals surface area (Å²) in [5, 5.41) is 1.13. The van der Waals surface area contributed by atoms with E-state index >= 15 is 0 Å². The van der Waals surface area contributed by atoms with Gasteiger partial charge >= 0.3 is 0 Å². The molecule has 0 saturated heterocycles. The summed E-state index contributed by atoms with van der Waals surface area (Å²) >= 11 is 4.30. The molecule has 0 spiro atoms. The third-order valence-electron chi connectivity index (χ3n) is 0.475. The molecule has 7 heavy (non-hydrogen) atoms. The van der Waals surface area contributed by atoms with Gasteiger partial charge in [0.15, 0.2) is 0 Å². The Bertz CT molecular complexity index is 92.9. The van der Waals surface area contributed by atoms with E-state index < -0.39 is 11.9 Å². The maximum Gasteiger partial charge on any atom is 0.239 e. The molecule has 0 fully saturated rings. The Hall–Kier alpha value is -0.480. The summed E-state index contributed by atoms with van der Waals surface area (Å²) in [6.45, 7) is 0. The first-order chi connectivity index (χ1) is 3.18. The van der Waals surface area contributed by atoms with E-state index in [9.17, 15) is 4.79 Å². The Labute approximate surface area is 46.7 Å². The maximum absolute atomic E-state index is 9.93. The molecule has 1 amide bonds.